The lowest BCUT2D eigenvalue weighted by Gasteiger charge is -2.22. The number of hydrogen-bond acceptors (Lipinski definition) is 7. The van der Waals surface area contributed by atoms with Crippen LogP contribution in [0.5, 0.6) is 0 Å². The smallest absolute Gasteiger partial charge is 0.243 e. The van der Waals surface area contributed by atoms with E-state index in [9.17, 15) is 16.8 Å². The van der Waals surface area contributed by atoms with E-state index in [-0.39, 0.29) is 13.4 Å². The zero-order valence-electron chi connectivity index (χ0n) is 11.9. The van der Waals surface area contributed by atoms with Gasteiger partial charge >= 0.3 is 0 Å². The fourth-order valence-electron chi connectivity index (χ4n) is 2.35. The number of hydrogen-bond donors (Lipinski definition) is 1. The summed E-state index contributed by atoms with van der Waals surface area (Å²) in [5, 5.41) is 4.03. The van der Waals surface area contributed by atoms with Gasteiger partial charge in [0.15, 0.2) is 9.84 Å². The molecule has 0 amide bonds. The maximum atomic E-state index is 12.6. The van der Waals surface area contributed by atoms with Crippen LogP contribution in [-0.4, -0.2) is 37.9 Å². The van der Waals surface area contributed by atoms with E-state index in [1.807, 2.05) is 0 Å². The minimum atomic E-state index is -3.97. The zero-order valence-corrected chi connectivity index (χ0v) is 15.1. The molecule has 0 bridgehead atoms. The Morgan fingerprint density at radius 3 is 2.78 bits per heavy atom. The van der Waals surface area contributed by atoms with Crippen molar-refractivity contribution in [1.29, 1.82) is 0 Å². The first-order chi connectivity index (χ1) is 10.7. The van der Waals surface area contributed by atoms with Crippen LogP contribution in [0.25, 0.3) is 0 Å². The van der Waals surface area contributed by atoms with Crippen molar-refractivity contribution in [2.75, 3.05) is 6.26 Å². The van der Waals surface area contributed by atoms with Crippen molar-refractivity contribution in [2.24, 2.45) is 0 Å². The largest absolute Gasteiger partial charge is 0.248 e. The van der Waals surface area contributed by atoms with Gasteiger partial charge in [0.05, 0.1) is 6.04 Å². The fourth-order valence-corrected chi connectivity index (χ4v) is 6.61. The van der Waals surface area contributed by atoms with Crippen LogP contribution < -0.4 is 4.72 Å². The van der Waals surface area contributed by atoms with Crippen molar-refractivity contribution in [3.8, 4) is 0 Å². The Kier molecular flexibility index (Phi) is 4.25. The van der Waals surface area contributed by atoms with Crippen LogP contribution >= 0.6 is 22.9 Å². The highest BCUT2D eigenvalue weighted by atomic mass is 35.5. The molecule has 12 heteroatoms. The number of aromatic nitrogens is 3. The molecule has 0 unspecified atom stereocenters. The van der Waals surface area contributed by atoms with Gasteiger partial charge in [-0.25, -0.2) is 31.2 Å². The minimum Gasteiger partial charge on any atom is -0.248 e. The van der Waals surface area contributed by atoms with E-state index < -0.39 is 25.9 Å². The molecule has 8 nitrogen and oxygen atoms in total. The molecule has 0 saturated carbocycles. The lowest BCUT2D eigenvalue weighted by Crippen LogP contribution is -2.33. The number of sulfone groups is 1. The molecule has 0 spiro atoms. The number of sulfonamides is 1. The van der Waals surface area contributed by atoms with Crippen LogP contribution in [0.1, 0.15) is 24.7 Å². The van der Waals surface area contributed by atoms with Crippen LogP contribution in [0, 0.1) is 0 Å². The SMILES string of the molecule is CS(=O)(=O)c1cc(S(=O)(=O)N[C@@H]2CCCn3ncnc32)c(Cl)s1. The number of nitrogens with zero attached hydrogens (tertiary/aromatic N) is 3. The maximum Gasteiger partial charge on any atom is 0.243 e. The van der Waals surface area contributed by atoms with E-state index in [1.54, 1.807) is 4.68 Å². The fraction of sp³-hybridized carbons (Fsp3) is 0.455. The van der Waals surface area contributed by atoms with E-state index in [2.05, 4.69) is 14.8 Å². The molecule has 0 aliphatic carbocycles. The third-order valence-electron chi connectivity index (χ3n) is 3.41. The molecule has 126 valence electrons. The van der Waals surface area contributed by atoms with Crippen LogP contribution in [0.15, 0.2) is 21.5 Å². The number of aryl methyl sites for hydroxylation is 1. The van der Waals surface area contributed by atoms with Crippen molar-refractivity contribution in [1.82, 2.24) is 19.5 Å². The van der Waals surface area contributed by atoms with Gasteiger partial charge in [-0.3, -0.25) is 0 Å². The molecule has 0 saturated heterocycles. The van der Waals surface area contributed by atoms with Crippen molar-refractivity contribution >= 4 is 42.8 Å². The van der Waals surface area contributed by atoms with E-state index in [4.69, 9.17) is 11.6 Å². The van der Waals surface area contributed by atoms with Crippen molar-refractivity contribution in [3.63, 3.8) is 0 Å². The number of rotatable bonds is 4. The molecule has 1 aliphatic heterocycles. The van der Waals surface area contributed by atoms with Gasteiger partial charge in [-0.2, -0.15) is 5.10 Å². The average molecular weight is 397 g/mol. The van der Waals surface area contributed by atoms with Gasteiger partial charge in [0.25, 0.3) is 0 Å². The summed E-state index contributed by atoms with van der Waals surface area (Å²) in [5.41, 5.74) is 0. The van der Waals surface area contributed by atoms with Gasteiger partial charge < -0.3 is 0 Å². The molecule has 1 atom stereocenters. The Hall–Kier alpha value is -1.01. The molecule has 2 aromatic rings. The first-order valence-corrected chi connectivity index (χ1v) is 11.1. The Balaban J connectivity index is 1.94. The van der Waals surface area contributed by atoms with Crippen LogP contribution in [0.4, 0.5) is 0 Å². The van der Waals surface area contributed by atoms with E-state index in [0.717, 1.165) is 30.1 Å². The predicted molar refractivity (Wildman–Crippen MR) is 84.8 cm³/mol. The summed E-state index contributed by atoms with van der Waals surface area (Å²) in [5.74, 6) is 0.537. The highest BCUT2D eigenvalue weighted by Crippen LogP contribution is 2.35. The first kappa shape index (κ1) is 16.8. The van der Waals surface area contributed by atoms with Crippen molar-refractivity contribution in [3.05, 3.63) is 22.6 Å². The Morgan fingerprint density at radius 2 is 2.13 bits per heavy atom. The second-order valence-corrected chi connectivity index (χ2v) is 10.7. The summed E-state index contributed by atoms with van der Waals surface area (Å²) in [7, 11) is -7.49. The second-order valence-electron chi connectivity index (χ2n) is 5.13. The number of halogens is 1. The third-order valence-corrected chi connectivity index (χ3v) is 8.30. The molecule has 2 aromatic heterocycles. The summed E-state index contributed by atoms with van der Waals surface area (Å²) in [6.45, 7) is 0.686. The topological polar surface area (TPSA) is 111 Å². The van der Waals surface area contributed by atoms with Gasteiger partial charge in [0.2, 0.25) is 10.0 Å². The van der Waals surface area contributed by atoms with Gasteiger partial charge in [-0.05, 0) is 18.9 Å². The molecule has 1 aliphatic rings. The molecule has 0 radical (unpaired) electrons. The van der Waals surface area contributed by atoms with Crippen LogP contribution in [-0.2, 0) is 26.4 Å². The molecule has 23 heavy (non-hydrogen) atoms. The average Bonchev–Trinajstić information content (AvgIpc) is 3.04. The van der Waals surface area contributed by atoms with Crippen LogP contribution in [0.2, 0.25) is 4.34 Å². The molecule has 3 rings (SSSR count). The Bertz CT molecular complexity index is 948. The molecular formula is C11H13ClN4O4S3. The normalized spacial score (nSPS) is 18.8. The molecule has 1 N–H and O–H groups in total. The number of nitrogens with one attached hydrogen (secondary N) is 1. The zero-order chi connectivity index (χ0) is 16.8. The molecule has 3 heterocycles. The minimum absolute atomic E-state index is 0.0878. The lowest BCUT2D eigenvalue weighted by atomic mass is 10.1. The van der Waals surface area contributed by atoms with E-state index in [1.165, 1.54) is 6.33 Å². The van der Waals surface area contributed by atoms with Crippen molar-refractivity contribution < 1.29 is 16.8 Å². The Morgan fingerprint density at radius 1 is 1.39 bits per heavy atom. The summed E-state index contributed by atoms with van der Waals surface area (Å²) >= 11 is 6.66. The van der Waals surface area contributed by atoms with E-state index >= 15 is 0 Å². The highest BCUT2D eigenvalue weighted by Gasteiger charge is 2.30. The number of thiophene rings is 1. The van der Waals surface area contributed by atoms with Gasteiger partial charge in [0.1, 0.15) is 25.6 Å². The second kappa shape index (κ2) is 5.81. The molecular weight excluding hydrogens is 384 g/mol. The quantitative estimate of drug-likeness (QED) is 0.831. The van der Waals surface area contributed by atoms with Crippen molar-refractivity contribution in [2.45, 2.75) is 34.5 Å². The highest BCUT2D eigenvalue weighted by molar-refractivity contribution is 7.93. The first-order valence-electron chi connectivity index (χ1n) is 6.58. The van der Waals surface area contributed by atoms with Crippen LogP contribution in [0.3, 0.4) is 0 Å². The summed E-state index contributed by atoms with van der Waals surface area (Å²) in [4.78, 5) is 3.85. The van der Waals surface area contributed by atoms with Gasteiger partial charge in [-0.1, -0.05) is 11.6 Å². The summed E-state index contributed by atoms with van der Waals surface area (Å²) in [6.07, 6.45) is 3.72. The van der Waals surface area contributed by atoms with E-state index in [0.29, 0.717) is 18.8 Å². The monoisotopic (exact) mass is 396 g/mol. The summed E-state index contributed by atoms with van der Waals surface area (Å²) < 4.78 is 52.2. The molecule has 0 fully saturated rings. The number of fused-ring (bicyclic) bond motifs is 1. The van der Waals surface area contributed by atoms with Gasteiger partial charge in [-0.15, -0.1) is 11.3 Å². The lowest BCUT2D eigenvalue weighted by molar-refractivity contribution is 0.400. The van der Waals surface area contributed by atoms with Gasteiger partial charge in [0, 0.05) is 12.8 Å². The Labute approximate surface area is 142 Å². The maximum absolute atomic E-state index is 12.6. The standard InChI is InChI=1S/C11H13ClN4O4S3/c1-22(17,18)9-5-8(10(12)21-9)23(19,20)15-7-3-2-4-16-11(7)13-6-14-16/h5-7,15H,2-4H2,1H3/t7-/m1/s1. The molecule has 0 aromatic carbocycles. The third kappa shape index (κ3) is 3.29. The summed E-state index contributed by atoms with van der Waals surface area (Å²) in [6, 6.07) is 0.562. The predicted octanol–water partition coefficient (Wildman–Crippen LogP) is 1.21.